The van der Waals surface area contributed by atoms with E-state index < -0.39 is 0 Å². The Morgan fingerprint density at radius 2 is 1.92 bits per heavy atom. The van der Waals surface area contributed by atoms with Crippen LogP contribution in [0.15, 0.2) is 52.8 Å². The number of likely N-dealkylation sites (N-methyl/N-ethyl adjacent to an activating group) is 1. The van der Waals surface area contributed by atoms with Crippen molar-refractivity contribution >= 4 is 17.3 Å². The van der Waals surface area contributed by atoms with Gasteiger partial charge in [0.2, 0.25) is 0 Å². The van der Waals surface area contributed by atoms with Crippen LogP contribution in [0, 0.1) is 0 Å². The molecule has 2 aromatic rings. The molecule has 6 heteroatoms. The van der Waals surface area contributed by atoms with Gasteiger partial charge in [-0.15, -0.1) is 11.3 Å². The second kappa shape index (κ2) is 11.0. The quantitative estimate of drug-likeness (QED) is 0.467. The van der Waals surface area contributed by atoms with E-state index in [1.807, 2.05) is 30.3 Å². The summed E-state index contributed by atoms with van der Waals surface area (Å²) in [5, 5.41) is 18.6. The Kier molecular flexibility index (Phi) is 8.61. The third kappa shape index (κ3) is 6.12. The third-order valence-corrected chi connectivity index (χ3v) is 5.24. The first-order chi connectivity index (χ1) is 12.7. The SMILES string of the molecule is CCNC(=NCC(CO)c1ccccc1)NCC(c1cccs1)N(C)C. The number of guanidine groups is 1. The Balaban J connectivity index is 2.01. The summed E-state index contributed by atoms with van der Waals surface area (Å²) >= 11 is 1.77. The third-order valence-electron chi connectivity index (χ3n) is 4.26. The lowest BCUT2D eigenvalue weighted by Gasteiger charge is -2.24. The fourth-order valence-electron chi connectivity index (χ4n) is 2.75. The Hall–Kier alpha value is -1.89. The number of aliphatic hydroxyl groups excluding tert-OH is 1. The molecule has 0 aliphatic carbocycles. The number of rotatable bonds is 9. The molecule has 1 aromatic heterocycles. The molecule has 0 aliphatic heterocycles. The zero-order chi connectivity index (χ0) is 18.8. The molecule has 0 radical (unpaired) electrons. The Morgan fingerprint density at radius 3 is 2.50 bits per heavy atom. The Bertz CT molecular complexity index is 643. The van der Waals surface area contributed by atoms with E-state index in [0.29, 0.717) is 12.6 Å². The second-order valence-corrected chi connectivity index (χ2v) is 7.36. The van der Waals surface area contributed by atoms with Gasteiger partial charge in [-0.25, -0.2) is 0 Å². The molecule has 1 heterocycles. The van der Waals surface area contributed by atoms with Crippen LogP contribution in [0.3, 0.4) is 0 Å². The highest BCUT2D eigenvalue weighted by atomic mass is 32.1. The van der Waals surface area contributed by atoms with Crippen LogP contribution in [0.4, 0.5) is 0 Å². The summed E-state index contributed by atoms with van der Waals surface area (Å²) in [6, 6.07) is 14.6. The van der Waals surface area contributed by atoms with Crippen molar-refractivity contribution in [3.63, 3.8) is 0 Å². The maximum atomic E-state index is 9.72. The van der Waals surface area contributed by atoms with Gasteiger partial charge in [-0.2, -0.15) is 0 Å². The Morgan fingerprint density at radius 1 is 1.15 bits per heavy atom. The van der Waals surface area contributed by atoms with Crippen molar-refractivity contribution in [3.8, 4) is 0 Å². The van der Waals surface area contributed by atoms with Gasteiger partial charge in [0, 0.05) is 23.9 Å². The van der Waals surface area contributed by atoms with Crippen molar-refractivity contribution in [2.45, 2.75) is 18.9 Å². The van der Waals surface area contributed by atoms with E-state index in [9.17, 15) is 5.11 Å². The molecular formula is C20H30N4OS. The lowest BCUT2D eigenvalue weighted by Crippen LogP contribution is -2.41. The number of nitrogens with one attached hydrogen (secondary N) is 2. The molecule has 5 nitrogen and oxygen atoms in total. The highest BCUT2D eigenvalue weighted by Crippen LogP contribution is 2.22. The summed E-state index contributed by atoms with van der Waals surface area (Å²) in [5.74, 6) is 0.791. The molecular weight excluding hydrogens is 344 g/mol. The maximum Gasteiger partial charge on any atom is 0.191 e. The zero-order valence-corrected chi connectivity index (χ0v) is 16.7. The highest BCUT2D eigenvalue weighted by Gasteiger charge is 2.16. The second-order valence-electron chi connectivity index (χ2n) is 6.39. The van der Waals surface area contributed by atoms with Crippen LogP contribution in [0.5, 0.6) is 0 Å². The summed E-state index contributed by atoms with van der Waals surface area (Å²) < 4.78 is 0. The van der Waals surface area contributed by atoms with Crippen molar-refractivity contribution in [2.24, 2.45) is 4.99 Å². The van der Waals surface area contributed by atoms with Gasteiger partial charge >= 0.3 is 0 Å². The van der Waals surface area contributed by atoms with E-state index >= 15 is 0 Å². The smallest absolute Gasteiger partial charge is 0.191 e. The molecule has 3 N–H and O–H groups in total. The van der Waals surface area contributed by atoms with Gasteiger partial charge in [0.05, 0.1) is 19.2 Å². The highest BCUT2D eigenvalue weighted by molar-refractivity contribution is 7.10. The van der Waals surface area contributed by atoms with Gasteiger partial charge in [-0.05, 0) is 38.0 Å². The van der Waals surface area contributed by atoms with Gasteiger partial charge in [-0.1, -0.05) is 36.4 Å². The van der Waals surface area contributed by atoms with E-state index in [1.165, 1.54) is 4.88 Å². The molecule has 0 aliphatic rings. The van der Waals surface area contributed by atoms with Gasteiger partial charge in [-0.3, -0.25) is 4.99 Å². The van der Waals surface area contributed by atoms with Gasteiger partial charge in [0.1, 0.15) is 0 Å². The van der Waals surface area contributed by atoms with Crippen LogP contribution in [-0.4, -0.2) is 56.3 Å². The fourth-order valence-corrected chi connectivity index (χ4v) is 3.67. The molecule has 0 saturated carbocycles. The molecule has 1 aromatic carbocycles. The van der Waals surface area contributed by atoms with Gasteiger partial charge < -0.3 is 20.6 Å². The number of benzene rings is 1. The average Bonchev–Trinajstić information content (AvgIpc) is 3.17. The van der Waals surface area contributed by atoms with Gasteiger partial charge in [0.25, 0.3) is 0 Å². The van der Waals surface area contributed by atoms with Crippen molar-refractivity contribution in [1.29, 1.82) is 0 Å². The van der Waals surface area contributed by atoms with Crippen LogP contribution in [0.2, 0.25) is 0 Å². The van der Waals surface area contributed by atoms with Crippen LogP contribution >= 0.6 is 11.3 Å². The first-order valence-electron chi connectivity index (χ1n) is 9.03. The number of hydrogen-bond acceptors (Lipinski definition) is 4. The van der Waals surface area contributed by atoms with Crippen molar-refractivity contribution < 1.29 is 5.11 Å². The first-order valence-corrected chi connectivity index (χ1v) is 9.91. The van der Waals surface area contributed by atoms with E-state index in [-0.39, 0.29) is 12.5 Å². The zero-order valence-electron chi connectivity index (χ0n) is 15.9. The summed E-state index contributed by atoms with van der Waals surface area (Å²) in [6.45, 7) is 4.26. The van der Waals surface area contributed by atoms with Gasteiger partial charge in [0.15, 0.2) is 5.96 Å². The minimum atomic E-state index is 0.00796. The summed E-state index contributed by atoms with van der Waals surface area (Å²) in [5.41, 5.74) is 1.11. The van der Waals surface area contributed by atoms with Crippen molar-refractivity contribution in [3.05, 3.63) is 58.3 Å². The van der Waals surface area contributed by atoms with Crippen molar-refractivity contribution in [2.75, 3.05) is 40.3 Å². The van der Waals surface area contributed by atoms with Crippen molar-refractivity contribution in [1.82, 2.24) is 15.5 Å². The molecule has 0 saturated heterocycles. The predicted octanol–water partition coefficient (Wildman–Crippen LogP) is 2.68. The molecule has 2 unspecified atom stereocenters. The number of thiophene rings is 1. The summed E-state index contributed by atoms with van der Waals surface area (Å²) in [4.78, 5) is 8.23. The number of hydrogen-bond donors (Lipinski definition) is 3. The molecule has 0 spiro atoms. The van der Waals surface area contributed by atoms with E-state index in [0.717, 1.165) is 24.6 Å². The lowest BCUT2D eigenvalue weighted by atomic mass is 10.0. The fraction of sp³-hybridized carbons (Fsp3) is 0.450. The minimum absolute atomic E-state index is 0.00796. The van der Waals surface area contributed by atoms with E-state index in [1.54, 1.807) is 11.3 Å². The predicted molar refractivity (Wildman–Crippen MR) is 111 cm³/mol. The lowest BCUT2D eigenvalue weighted by molar-refractivity contribution is 0.268. The summed E-state index contributed by atoms with van der Waals surface area (Å²) in [6.07, 6.45) is 0. The number of aliphatic hydroxyl groups is 1. The molecule has 142 valence electrons. The molecule has 0 bridgehead atoms. The molecule has 2 atom stereocenters. The normalized spacial score (nSPS) is 14.3. The van der Waals surface area contributed by atoms with Crippen LogP contribution in [0.1, 0.15) is 29.3 Å². The van der Waals surface area contributed by atoms with Crippen LogP contribution in [-0.2, 0) is 0 Å². The standard InChI is InChI=1S/C20H30N4OS/c1-4-21-20(22-13-17(15-25)16-9-6-5-7-10-16)23-14-18(24(2)3)19-11-8-12-26-19/h5-12,17-18,25H,4,13-15H2,1-3H3,(H2,21,22,23). The van der Waals surface area contributed by atoms with E-state index in [4.69, 9.17) is 4.99 Å². The minimum Gasteiger partial charge on any atom is -0.396 e. The van der Waals surface area contributed by atoms with Crippen LogP contribution in [0.25, 0.3) is 0 Å². The largest absolute Gasteiger partial charge is 0.396 e. The maximum absolute atomic E-state index is 9.72. The number of aliphatic imine (C=N–C) groups is 1. The van der Waals surface area contributed by atoms with Crippen LogP contribution < -0.4 is 10.6 Å². The molecule has 26 heavy (non-hydrogen) atoms. The summed E-state index contributed by atoms with van der Waals surface area (Å²) in [7, 11) is 4.18. The van der Waals surface area contributed by atoms with E-state index in [2.05, 4.69) is 54.1 Å². The molecule has 2 rings (SSSR count). The molecule has 0 fully saturated rings. The monoisotopic (exact) mass is 374 g/mol. The Labute approximate surface area is 160 Å². The molecule has 0 amide bonds. The number of nitrogens with zero attached hydrogens (tertiary/aromatic N) is 2. The first kappa shape index (κ1) is 20.4. The average molecular weight is 375 g/mol. The topological polar surface area (TPSA) is 59.9 Å².